The predicted octanol–water partition coefficient (Wildman–Crippen LogP) is 1.66. The molecule has 1 saturated carbocycles. The zero-order chi connectivity index (χ0) is 15.3. The van der Waals surface area contributed by atoms with Crippen molar-refractivity contribution >= 4 is 11.9 Å². The maximum atomic E-state index is 12.8. The molecule has 116 valence electrons. The molecule has 1 spiro atoms. The lowest BCUT2D eigenvalue weighted by atomic mass is 9.87. The fourth-order valence-electron chi connectivity index (χ4n) is 4.07. The summed E-state index contributed by atoms with van der Waals surface area (Å²) in [6.45, 7) is 1.58. The first-order chi connectivity index (χ1) is 10.6. The summed E-state index contributed by atoms with van der Waals surface area (Å²) in [7, 11) is 0. The van der Waals surface area contributed by atoms with E-state index in [1.165, 1.54) is 0 Å². The summed E-state index contributed by atoms with van der Waals surface area (Å²) in [6.07, 6.45) is 2.30. The van der Waals surface area contributed by atoms with E-state index in [4.69, 9.17) is 9.84 Å². The Morgan fingerprint density at radius 2 is 2.14 bits per heavy atom. The van der Waals surface area contributed by atoms with Gasteiger partial charge in [-0.15, -0.1) is 0 Å². The molecule has 22 heavy (non-hydrogen) atoms. The predicted molar refractivity (Wildman–Crippen MR) is 78.7 cm³/mol. The fraction of sp³-hybridized carbons (Fsp3) is 0.529. The molecule has 0 bridgehead atoms. The van der Waals surface area contributed by atoms with Crippen molar-refractivity contribution in [3.63, 3.8) is 0 Å². The minimum absolute atomic E-state index is 0.00917. The summed E-state index contributed by atoms with van der Waals surface area (Å²) in [5.74, 6) is -0.183. The number of ether oxygens (including phenoxy) is 1. The van der Waals surface area contributed by atoms with Crippen LogP contribution >= 0.6 is 0 Å². The fourth-order valence-corrected chi connectivity index (χ4v) is 4.07. The number of fused-ring (bicyclic) bond motifs is 2. The first-order valence-corrected chi connectivity index (χ1v) is 7.86. The second-order valence-electron chi connectivity index (χ2n) is 6.62. The highest BCUT2D eigenvalue weighted by Crippen LogP contribution is 2.61. The van der Waals surface area contributed by atoms with Gasteiger partial charge in [-0.05, 0) is 25.3 Å². The molecule has 5 nitrogen and oxygen atoms in total. The van der Waals surface area contributed by atoms with E-state index in [0.717, 1.165) is 24.2 Å². The number of amides is 1. The molecule has 1 unspecified atom stereocenters. The van der Waals surface area contributed by atoms with E-state index >= 15 is 0 Å². The van der Waals surface area contributed by atoms with E-state index in [1.54, 1.807) is 4.90 Å². The molecule has 2 heterocycles. The van der Waals surface area contributed by atoms with Gasteiger partial charge in [-0.2, -0.15) is 0 Å². The number of carboxylic acids is 1. The van der Waals surface area contributed by atoms with Gasteiger partial charge < -0.3 is 14.7 Å². The van der Waals surface area contributed by atoms with Crippen LogP contribution in [0.2, 0.25) is 0 Å². The number of nitrogens with zero attached hydrogens (tertiary/aromatic N) is 1. The van der Waals surface area contributed by atoms with Crippen molar-refractivity contribution in [2.75, 3.05) is 19.7 Å². The Hall–Kier alpha value is -2.04. The largest absolute Gasteiger partial charge is 0.493 e. The van der Waals surface area contributed by atoms with Crippen LogP contribution in [0.3, 0.4) is 0 Å². The minimum atomic E-state index is -0.794. The average molecular weight is 301 g/mol. The molecule has 3 aliphatic rings. The van der Waals surface area contributed by atoms with Crippen LogP contribution in [0.4, 0.5) is 0 Å². The van der Waals surface area contributed by atoms with Gasteiger partial charge in [0.05, 0.1) is 12.5 Å². The average Bonchev–Trinajstić information content (AvgIpc) is 3.01. The molecule has 0 aromatic heterocycles. The van der Waals surface area contributed by atoms with Crippen molar-refractivity contribution in [2.45, 2.75) is 24.7 Å². The van der Waals surface area contributed by atoms with Crippen molar-refractivity contribution in [1.82, 2.24) is 4.90 Å². The number of rotatable bonds is 2. The molecule has 0 radical (unpaired) electrons. The number of hydrogen-bond acceptors (Lipinski definition) is 3. The first-order valence-electron chi connectivity index (χ1n) is 7.86. The number of carbonyl (C=O) groups excluding carboxylic acids is 1. The summed E-state index contributed by atoms with van der Waals surface area (Å²) in [5, 5.41) is 9.08. The molecule has 1 aliphatic carbocycles. The summed E-state index contributed by atoms with van der Waals surface area (Å²) in [6, 6.07) is 7.97. The van der Waals surface area contributed by atoms with Crippen LogP contribution in [0.1, 0.15) is 24.8 Å². The molecule has 1 amide bonds. The third kappa shape index (κ3) is 1.91. The van der Waals surface area contributed by atoms with Gasteiger partial charge in [0.25, 0.3) is 0 Å². The van der Waals surface area contributed by atoms with Crippen LogP contribution in [-0.2, 0) is 15.0 Å². The molecule has 2 fully saturated rings. The highest BCUT2D eigenvalue weighted by atomic mass is 16.5. The van der Waals surface area contributed by atoms with E-state index in [2.05, 4.69) is 6.07 Å². The SMILES string of the molecule is O=C(O)C1CCN(C(=O)[C@@H]2C[C@]23CCOc2ccccc23)C1. The second kappa shape index (κ2) is 4.73. The quantitative estimate of drug-likeness (QED) is 0.902. The first kappa shape index (κ1) is 13.6. The number of hydrogen-bond donors (Lipinski definition) is 1. The molecule has 1 aromatic carbocycles. The van der Waals surface area contributed by atoms with Crippen molar-refractivity contribution in [3.05, 3.63) is 29.8 Å². The number of likely N-dealkylation sites (tertiary alicyclic amines) is 1. The number of benzene rings is 1. The normalized spacial score (nSPS) is 32.5. The van der Waals surface area contributed by atoms with Crippen molar-refractivity contribution in [3.8, 4) is 5.75 Å². The standard InChI is InChI=1S/C17H19NO4/c19-15(18-7-5-11(10-18)16(20)21)13-9-17(13)6-8-22-14-4-2-1-3-12(14)17/h1-4,11,13H,5-10H2,(H,20,21)/t11?,13-,17-/m0/s1. The van der Waals surface area contributed by atoms with E-state index in [-0.39, 0.29) is 17.2 Å². The Labute approximate surface area is 128 Å². The van der Waals surface area contributed by atoms with Gasteiger partial charge in [-0.25, -0.2) is 0 Å². The van der Waals surface area contributed by atoms with Crippen molar-refractivity contribution in [2.24, 2.45) is 11.8 Å². The number of carbonyl (C=O) groups is 2. The van der Waals surface area contributed by atoms with E-state index < -0.39 is 11.9 Å². The van der Waals surface area contributed by atoms with E-state index in [1.807, 2.05) is 18.2 Å². The van der Waals surface area contributed by atoms with Crippen molar-refractivity contribution < 1.29 is 19.4 Å². The van der Waals surface area contributed by atoms with Crippen LogP contribution in [0.5, 0.6) is 5.75 Å². The molecule has 5 heteroatoms. The Morgan fingerprint density at radius 1 is 1.32 bits per heavy atom. The number of para-hydroxylation sites is 1. The molecule has 1 saturated heterocycles. The third-order valence-electron chi connectivity index (χ3n) is 5.45. The Kier molecular flexibility index (Phi) is 2.93. The number of aliphatic carboxylic acids is 1. The second-order valence-corrected chi connectivity index (χ2v) is 6.62. The maximum Gasteiger partial charge on any atom is 0.308 e. The molecule has 2 aliphatic heterocycles. The monoisotopic (exact) mass is 301 g/mol. The third-order valence-corrected chi connectivity index (χ3v) is 5.45. The molecule has 1 N–H and O–H groups in total. The van der Waals surface area contributed by atoms with Gasteiger partial charge in [0, 0.05) is 30.0 Å². The van der Waals surface area contributed by atoms with E-state index in [9.17, 15) is 9.59 Å². The Morgan fingerprint density at radius 3 is 2.91 bits per heavy atom. The highest BCUT2D eigenvalue weighted by Gasteiger charge is 2.62. The summed E-state index contributed by atoms with van der Waals surface area (Å²) >= 11 is 0. The Balaban J connectivity index is 1.53. The minimum Gasteiger partial charge on any atom is -0.493 e. The topological polar surface area (TPSA) is 66.8 Å². The Bertz CT molecular complexity index is 643. The lowest BCUT2D eigenvalue weighted by molar-refractivity contribution is -0.141. The molecule has 3 atom stereocenters. The zero-order valence-electron chi connectivity index (χ0n) is 12.3. The van der Waals surface area contributed by atoms with Crippen LogP contribution in [0.15, 0.2) is 24.3 Å². The molecular weight excluding hydrogens is 282 g/mol. The lowest BCUT2D eigenvalue weighted by Crippen LogP contribution is -2.34. The van der Waals surface area contributed by atoms with Crippen LogP contribution in [0.25, 0.3) is 0 Å². The van der Waals surface area contributed by atoms with Crippen LogP contribution in [0, 0.1) is 11.8 Å². The van der Waals surface area contributed by atoms with Gasteiger partial charge in [0.2, 0.25) is 5.91 Å². The molecule has 1 aromatic rings. The summed E-state index contributed by atoms with van der Waals surface area (Å²) in [4.78, 5) is 25.6. The van der Waals surface area contributed by atoms with Crippen molar-refractivity contribution in [1.29, 1.82) is 0 Å². The maximum absolute atomic E-state index is 12.8. The number of carboxylic acid groups (broad SMARTS) is 1. The molecular formula is C17H19NO4. The smallest absolute Gasteiger partial charge is 0.308 e. The summed E-state index contributed by atoms with van der Waals surface area (Å²) < 4.78 is 5.70. The van der Waals surface area contributed by atoms with Gasteiger partial charge in [-0.3, -0.25) is 9.59 Å². The highest BCUT2D eigenvalue weighted by molar-refractivity contribution is 5.86. The van der Waals surface area contributed by atoms with Crippen LogP contribution < -0.4 is 4.74 Å². The zero-order valence-corrected chi connectivity index (χ0v) is 12.3. The molecule has 4 rings (SSSR count). The van der Waals surface area contributed by atoms with Gasteiger partial charge >= 0.3 is 5.97 Å². The van der Waals surface area contributed by atoms with E-state index in [0.29, 0.717) is 26.1 Å². The lowest BCUT2D eigenvalue weighted by Gasteiger charge is -2.27. The van der Waals surface area contributed by atoms with Crippen LogP contribution in [-0.4, -0.2) is 41.6 Å². The summed E-state index contributed by atoms with van der Waals surface area (Å²) in [5.41, 5.74) is 1.07. The van der Waals surface area contributed by atoms with Gasteiger partial charge in [0.1, 0.15) is 5.75 Å². The van der Waals surface area contributed by atoms with Gasteiger partial charge in [0.15, 0.2) is 0 Å². The van der Waals surface area contributed by atoms with Gasteiger partial charge in [-0.1, -0.05) is 18.2 Å².